The molecule has 0 bridgehead atoms. The smallest absolute Gasteiger partial charge is 0.305 e. The minimum Gasteiger partial charge on any atom is -0.469 e. The second-order valence-electron chi connectivity index (χ2n) is 3.81. The highest BCUT2D eigenvalue weighted by molar-refractivity contribution is 7.09. The highest BCUT2D eigenvalue weighted by atomic mass is 32.1. The fourth-order valence-electron chi connectivity index (χ4n) is 1.41. The van der Waals surface area contributed by atoms with E-state index in [4.69, 9.17) is 0 Å². The van der Waals surface area contributed by atoms with Crippen molar-refractivity contribution in [2.45, 2.75) is 39.0 Å². The van der Waals surface area contributed by atoms with Crippen molar-refractivity contribution < 1.29 is 9.53 Å². The number of unbranched alkanes of at least 4 members (excludes halogenated alkanes) is 3. The van der Waals surface area contributed by atoms with Crippen molar-refractivity contribution >= 4 is 22.6 Å². The zero-order valence-corrected chi connectivity index (χ0v) is 11.2. The Labute approximate surface area is 106 Å². The van der Waals surface area contributed by atoms with E-state index >= 15 is 0 Å². The summed E-state index contributed by atoms with van der Waals surface area (Å²) in [6.07, 6.45) is 4.69. The average Bonchev–Trinajstić information content (AvgIpc) is 2.73. The maximum absolute atomic E-state index is 10.8. The first-order chi connectivity index (χ1) is 8.22. The van der Waals surface area contributed by atoms with E-state index in [2.05, 4.69) is 19.4 Å². The highest BCUT2D eigenvalue weighted by Crippen LogP contribution is 2.10. The van der Waals surface area contributed by atoms with E-state index in [1.165, 1.54) is 18.6 Å². The summed E-state index contributed by atoms with van der Waals surface area (Å²) in [5.74, 6) is 0.697. The van der Waals surface area contributed by atoms with E-state index in [1.54, 1.807) is 0 Å². The number of hydrogen-bond donors (Lipinski definition) is 1. The minimum atomic E-state index is -0.118. The van der Waals surface area contributed by atoms with Crippen molar-refractivity contribution in [2.24, 2.45) is 0 Å². The van der Waals surface area contributed by atoms with Crippen molar-refractivity contribution in [2.75, 3.05) is 19.0 Å². The first-order valence-corrected chi connectivity index (χ1v) is 6.60. The molecule has 0 aromatic carbocycles. The lowest BCUT2D eigenvalue weighted by Gasteiger charge is -2.02. The number of esters is 1. The van der Waals surface area contributed by atoms with Gasteiger partial charge in [0.05, 0.1) is 7.11 Å². The van der Waals surface area contributed by atoms with Gasteiger partial charge in [-0.1, -0.05) is 12.8 Å². The summed E-state index contributed by atoms with van der Waals surface area (Å²) in [4.78, 5) is 15.1. The number of carbonyl (C=O) groups is 1. The fourth-order valence-corrected chi connectivity index (χ4v) is 2.01. The largest absolute Gasteiger partial charge is 0.469 e. The average molecular weight is 257 g/mol. The number of aromatic nitrogens is 2. The van der Waals surface area contributed by atoms with Crippen molar-refractivity contribution in [3.05, 3.63) is 5.82 Å². The lowest BCUT2D eigenvalue weighted by atomic mass is 10.1. The van der Waals surface area contributed by atoms with Crippen LogP contribution in [0.5, 0.6) is 0 Å². The molecule has 0 amide bonds. The molecule has 0 aliphatic carbocycles. The van der Waals surface area contributed by atoms with Gasteiger partial charge in [0, 0.05) is 24.5 Å². The highest BCUT2D eigenvalue weighted by Gasteiger charge is 2.00. The van der Waals surface area contributed by atoms with Gasteiger partial charge in [-0.25, -0.2) is 4.98 Å². The van der Waals surface area contributed by atoms with Crippen LogP contribution in [0.25, 0.3) is 0 Å². The number of anilines is 1. The summed E-state index contributed by atoms with van der Waals surface area (Å²) in [5, 5.41) is 4.12. The first kappa shape index (κ1) is 13.9. The second-order valence-corrected chi connectivity index (χ2v) is 4.57. The van der Waals surface area contributed by atoms with Crippen LogP contribution in [0.2, 0.25) is 0 Å². The second kappa shape index (κ2) is 8.00. The molecule has 0 unspecified atom stereocenters. The van der Waals surface area contributed by atoms with Crippen LogP contribution in [0.15, 0.2) is 0 Å². The van der Waals surface area contributed by atoms with Crippen molar-refractivity contribution in [1.82, 2.24) is 9.36 Å². The van der Waals surface area contributed by atoms with Gasteiger partial charge in [0.15, 0.2) is 0 Å². The number of rotatable bonds is 8. The molecule has 0 saturated heterocycles. The molecular formula is C11H19N3O2S. The molecule has 1 N–H and O–H groups in total. The molecule has 0 atom stereocenters. The molecule has 0 aliphatic rings. The van der Waals surface area contributed by atoms with Crippen LogP contribution >= 0.6 is 11.5 Å². The summed E-state index contributed by atoms with van der Waals surface area (Å²) < 4.78 is 8.66. The molecule has 1 heterocycles. The van der Waals surface area contributed by atoms with Gasteiger partial charge in [-0.3, -0.25) is 4.79 Å². The SMILES string of the molecule is COC(=O)CCCCCCNc1nc(C)ns1. The molecule has 0 fully saturated rings. The van der Waals surface area contributed by atoms with E-state index in [0.29, 0.717) is 6.42 Å². The van der Waals surface area contributed by atoms with Gasteiger partial charge in [0.2, 0.25) is 5.13 Å². The van der Waals surface area contributed by atoms with Crippen LogP contribution < -0.4 is 5.32 Å². The lowest BCUT2D eigenvalue weighted by Crippen LogP contribution is -2.02. The Morgan fingerprint density at radius 2 is 2.12 bits per heavy atom. The van der Waals surface area contributed by atoms with Crippen LogP contribution in [0.4, 0.5) is 5.13 Å². The van der Waals surface area contributed by atoms with Crippen LogP contribution in [0.3, 0.4) is 0 Å². The lowest BCUT2D eigenvalue weighted by molar-refractivity contribution is -0.140. The third kappa shape index (κ3) is 6.21. The van der Waals surface area contributed by atoms with Crippen LogP contribution in [-0.4, -0.2) is 29.0 Å². The quantitative estimate of drug-likeness (QED) is 0.572. The number of carbonyl (C=O) groups excluding carboxylic acids is 1. The topological polar surface area (TPSA) is 64.1 Å². The third-order valence-electron chi connectivity index (χ3n) is 2.34. The van der Waals surface area contributed by atoms with E-state index in [0.717, 1.165) is 43.2 Å². The number of nitrogens with one attached hydrogen (secondary N) is 1. The molecule has 6 heteroatoms. The molecule has 0 saturated carbocycles. The van der Waals surface area contributed by atoms with Gasteiger partial charge in [-0.2, -0.15) is 4.37 Å². The number of aryl methyl sites for hydroxylation is 1. The maximum Gasteiger partial charge on any atom is 0.305 e. The summed E-state index contributed by atoms with van der Waals surface area (Å²) in [6, 6.07) is 0. The molecule has 96 valence electrons. The van der Waals surface area contributed by atoms with E-state index in [9.17, 15) is 4.79 Å². The molecule has 0 aliphatic heterocycles. The maximum atomic E-state index is 10.8. The van der Waals surface area contributed by atoms with E-state index in [-0.39, 0.29) is 5.97 Å². The monoisotopic (exact) mass is 257 g/mol. The van der Waals surface area contributed by atoms with E-state index < -0.39 is 0 Å². The molecule has 0 spiro atoms. The minimum absolute atomic E-state index is 0.118. The molecule has 1 aromatic rings. The van der Waals surface area contributed by atoms with Gasteiger partial charge in [0.1, 0.15) is 5.82 Å². The summed E-state index contributed by atoms with van der Waals surface area (Å²) in [7, 11) is 1.43. The zero-order valence-electron chi connectivity index (χ0n) is 10.4. The Morgan fingerprint density at radius 3 is 2.76 bits per heavy atom. The van der Waals surface area contributed by atoms with Gasteiger partial charge < -0.3 is 10.1 Å². The third-order valence-corrected chi connectivity index (χ3v) is 3.10. The van der Waals surface area contributed by atoms with Crippen LogP contribution in [0.1, 0.15) is 37.9 Å². The van der Waals surface area contributed by atoms with Gasteiger partial charge in [-0.05, 0) is 19.8 Å². The van der Waals surface area contributed by atoms with Crippen LogP contribution in [0, 0.1) is 6.92 Å². The molecular weight excluding hydrogens is 238 g/mol. The van der Waals surface area contributed by atoms with Crippen molar-refractivity contribution in [3.8, 4) is 0 Å². The molecule has 5 nitrogen and oxygen atoms in total. The van der Waals surface area contributed by atoms with Gasteiger partial charge in [0.25, 0.3) is 0 Å². The summed E-state index contributed by atoms with van der Waals surface area (Å²) in [5.41, 5.74) is 0. The van der Waals surface area contributed by atoms with Crippen molar-refractivity contribution in [3.63, 3.8) is 0 Å². The summed E-state index contributed by atoms with van der Waals surface area (Å²) in [6.45, 7) is 2.79. The first-order valence-electron chi connectivity index (χ1n) is 5.83. The molecule has 0 radical (unpaired) electrons. The number of methoxy groups -OCH3 is 1. The zero-order chi connectivity index (χ0) is 12.5. The standard InChI is InChI=1S/C11H19N3O2S/c1-9-13-11(17-14-9)12-8-6-4-3-5-7-10(15)16-2/h3-8H2,1-2H3,(H,12,13,14). The predicted molar refractivity (Wildman–Crippen MR) is 68.2 cm³/mol. The normalized spacial score (nSPS) is 10.2. The van der Waals surface area contributed by atoms with Crippen LogP contribution in [-0.2, 0) is 9.53 Å². The molecule has 1 aromatic heterocycles. The predicted octanol–water partition coefficient (Wildman–Crippen LogP) is 2.38. The molecule has 17 heavy (non-hydrogen) atoms. The Balaban J connectivity index is 1.93. The Morgan fingerprint density at radius 1 is 1.35 bits per heavy atom. The summed E-state index contributed by atoms with van der Waals surface area (Å²) >= 11 is 1.39. The van der Waals surface area contributed by atoms with Gasteiger partial charge in [-0.15, -0.1) is 0 Å². The number of nitrogens with zero attached hydrogens (tertiary/aromatic N) is 2. The number of hydrogen-bond acceptors (Lipinski definition) is 6. The fraction of sp³-hybridized carbons (Fsp3) is 0.727. The Kier molecular flexibility index (Phi) is 6.54. The van der Waals surface area contributed by atoms with Gasteiger partial charge >= 0.3 is 5.97 Å². The molecule has 1 rings (SSSR count). The Hall–Kier alpha value is -1.17. The van der Waals surface area contributed by atoms with Crippen molar-refractivity contribution in [1.29, 1.82) is 0 Å². The Bertz CT molecular complexity index is 341. The number of ether oxygens (including phenoxy) is 1. The van der Waals surface area contributed by atoms with E-state index in [1.807, 2.05) is 6.92 Å².